The second-order valence-corrected chi connectivity index (χ2v) is 7.95. The first-order valence-corrected chi connectivity index (χ1v) is 10.0. The number of piperidine rings is 1. The Kier molecular flexibility index (Phi) is 6.53. The van der Waals surface area contributed by atoms with Crippen molar-refractivity contribution in [3.8, 4) is 0 Å². The zero-order valence-electron chi connectivity index (χ0n) is 14.6. The first-order chi connectivity index (χ1) is 12.6. The Morgan fingerprint density at radius 1 is 1.23 bits per heavy atom. The van der Waals surface area contributed by atoms with E-state index in [-0.39, 0.29) is 23.7 Å². The number of likely N-dealkylation sites (tertiary alicyclic amines) is 1. The molecular formula is C19H24FNO4S. The molecule has 7 heteroatoms. The summed E-state index contributed by atoms with van der Waals surface area (Å²) >= 11 is 1.36. The SMILES string of the molecule is O=C(O)C1CCO[C@H]1C1CCN(C(=O)CCSc2ccccc2F)CC1. The number of hydrogen-bond donors (Lipinski definition) is 1. The lowest BCUT2D eigenvalue weighted by Gasteiger charge is -2.35. The maximum absolute atomic E-state index is 13.6. The number of aliphatic carboxylic acids is 1. The molecule has 0 aliphatic carbocycles. The molecule has 0 aromatic heterocycles. The highest BCUT2D eigenvalue weighted by atomic mass is 32.2. The zero-order chi connectivity index (χ0) is 18.5. The Bertz CT molecular complexity index is 648. The summed E-state index contributed by atoms with van der Waals surface area (Å²) in [6.45, 7) is 1.79. The fourth-order valence-corrected chi connectivity index (χ4v) is 4.66. The van der Waals surface area contributed by atoms with E-state index in [0.717, 1.165) is 12.8 Å². The second kappa shape index (κ2) is 8.86. The molecular weight excluding hydrogens is 357 g/mol. The highest BCUT2D eigenvalue weighted by Crippen LogP contribution is 2.33. The molecule has 0 spiro atoms. The van der Waals surface area contributed by atoms with Crippen molar-refractivity contribution in [2.75, 3.05) is 25.4 Å². The van der Waals surface area contributed by atoms with Gasteiger partial charge in [0.1, 0.15) is 5.82 Å². The quantitative estimate of drug-likeness (QED) is 0.767. The van der Waals surface area contributed by atoms with Crippen LogP contribution in [-0.2, 0) is 14.3 Å². The van der Waals surface area contributed by atoms with Gasteiger partial charge in [-0.3, -0.25) is 9.59 Å². The van der Waals surface area contributed by atoms with E-state index in [0.29, 0.717) is 43.2 Å². The minimum absolute atomic E-state index is 0.0782. The van der Waals surface area contributed by atoms with E-state index in [4.69, 9.17) is 4.74 Å². The highest BCUT2D eigenvalue weighted by Gasteiger charge is 2.40. The van der Waals surface area contributed by atoms with Gasteiger partial charge >= 0.3 is 5.97 Å². The predicted octanol–water partition coefficient (Wildman–Crippen LogP) is 3.04. The van der Waals surface area contributed by atoms with E-state index in [1.54, 1.807) is 18.2 Å². The van der Waals surface area contributed by atoms with Gasteiger partial charge in [-0.2, -0.15) is 0 Å². The van der Waals surface area contributed by atoms with E-state index in [1.807, 2.05) is 4.90 Å². The summed E-state index contributed by atoms with van der Waals surface area (Å²) in [5.74, 6) is -0.622. The summed E-state index contributed by atoms with van der Waals surface area (Å²) in [6.07, 6.45) is 2.29. The number of halogens is 1. The number of amides is 1. The van der Waals surface area contributed by atoms with Crippen molar-refractivity contribution >= 4 is 23.6 Å². The molecule has 1 N–H and O–H groups in total. The Morgan fingerprint density at radius 2 is 1.96 bits per heavy atom. The maximum atomic E-state index is 13.6. The average molecular weight is 381 g/mol. The van der Waals surface area contributed by atoms with Crippen LogP contribution in [0.1, 0.15) is 25.7 Å². The minimum atomic E-state index is -0.781. The third-order valence-electron chi connectivity index (χ3n) is 5.22. The van der Waals surface area contributed by atoms with Crippen molar-refractivity contribution in [2.24, 2.45) is 11.8 Å². The summed E-state index contributed by atoms with van der Waals surface area (Å²) in [4.78, 5) is 26.1. The third kappa shape index (κ3) is 4.57. The Balaban J connectivity index is 1.42. The number of nitrogens with zero attached hydrogens (tertiary/aromatic N) is 1. The van der Waals surface area contributed by atoms with Crippen molar-refractivity contribution in [1.82, 2.24) is 4.90 Å². The average Bonchev–Trinajstić information content (AvgIpc) is 3.13. The molecule has 1 aromatic rings. The number of ether oxygens (including phenoxy) is 1. The monoisotopic (exact) mass is 381 g/mol. The summed E-state index contributed by atoms with van der Waals surface area (Å²) in [5, 5.41) is 9.29. The normalized spacial score (nSPS) is 24.0. The van der Waals surface area contributed by atoms with Crippen LogP contribution in [0.25, 0.3) is 0 Å². The number of carboxylic acids is 1. The van der Waals surface area contributed by atoms with Crippen molar-refractivity contribution < 1.29 is 23.8 Å². The topological polar surface area (TPSA) is 66.8 Å². The van der Waals surface area contributed by atoms with Crippen molar-refractivity contribution in [2.45, 2.75) is 36.7 Å². The summed E-state index contributed by atoms with van der Waals surface area (Å²) < 4.78 is 19.2. The van der Waals surface area contributed by atoms with E-state index in [9.17, 15) is 19.1 Å². The van der Waals surface area contributed by atoms with Crippen molar-refractivity contribution in [3.63, 3.8) is 0 Å². The molecule has 2 heterocycles. The van der Waals surface area contributed by atoms with E-state index in [1.165, 1.54) is 17.8 Å². The molecule has 1 unspecified atom stereocenters. The van der Waals surface area contributed by atoms with Gasteiger partial charge in [-0.15, -0.1) is 11.8 Å². The lowest BCUT2D eigenvalue weighted by molar-refractivity contribution is -0.146. The molecule has 1 aromatic carbocycles. The molecule has 0 bridgehead atoms. The second-order valence-electron chi connectivity index (χ2n) is 6.82. The number of carbonyl (C=O) groups is 2. The molecule has 3 rings (SSSR count). The van der Waals surface area contributed by atoms with Gasteiger partial charge in [0.2, 0.25) is 5.91 Å². The van der Waals surface area contributed by atoms with Crippen LogP contribution in [0, 0.1) is 17.7 Å². The standard InChI is InChI=1S/C19H24FNO4S/c20-15-3-1-2-4-16(15)26-12-8-17(22)21-9-5-13(6-10-21)18-14(19(23)24)7-11-25-18/h1-4,13-14,18H,5-12H2,(H,23,24)/t14?,18-/m0/s1. The third-order valence-corrected chi connectivity index (χ3v) is 6.27. The minimum Gasteiger partial charge on any atom is -0.481 e. The molecule has 2 saturated heterocycles. The summed E-state index contributed by atoms with van der Waals surface area (Å²) in [6, 6.07) is 6.58. The lowest BCUT2D eigenvalue weighted by atomic mass is 9.84. The Labute approximate surface area is 156 Å². The Hall–Kier alpha value is -1.60. The first-order valence-electron chi connectivity index (χ1n) is 9.06. The van der Waals surface area contributed by atoms with Crippen LogP contribution in [-0.4, -0.2) is 53.4 Å². The number of carboxylic acid groups (broad SMARTS) is 1. The van der Waals surface area contributed by atoms with Crippen LogP contribution in [0.3, 0.4) is 0 Å². The van der Waals surface area contributed by atoms with Crippen molar-refractivity contribution in [1.29, 1.82) is 0 Å². The smallest absolute Gasteiger partial charge is 0.309 e. The van der Waals surface area contributed by atoms with Crippen LogP contribution < -0.4 is 0 Å². The van der Waals surface area contributed by atoms with Gasteiger partial charge < -0.3 is 14.7 Å². The molecule has 142 valence electrons. The van der Waals surface area contributed by atoms with Crippen molar-refractivity contribution in [3.05, 3.63) is 30.1 Å². The van der Waals surface area contributed by atoms with Crippen LogP contribution in [0.4, 0.5) is 4.39 Å². The lowest BCUT2D eigenvalue weighted by Crippen LogP contribution is -2.43. The number of carbonyl (C=O) groups excluding carboxylic acids is 1. The molecule has 2 aliphatic rings. The number of rotatable bonds is 6. The van der Waals surface area contributed by atoms with Gasteiger partial charge in [-0.05, 0) is 37.3 Å². The molecule has 2 atom stereocenters. The molecule has 0 radical (unpaired) electrons. The molecule has 2 aliphatic heterocycles. The van der Waals surface area contributed by atoms with Gasteiger partial charge in [0.25, 0.3) is 0 Å². The van der Waals surface area contributed by atoms with Gasteiger partial charge in [0.05, 0.1) is 12.0 Å². The molecule has 1 amide bonds. The maximum Gasteiger partial charge on any atom is 0.309 e. The fraction of sp³-hybridized carbons (Fsp3) is 0.579. The molecule has 26 heavy (non-hydrogen) atoms. The molecule has 2 fully saturated rings. The molecule has 0 saturated carbocycles. The summed E-state index contributed by atoms with van der Waals surface area (Å²) in [5.41, 5.74) is 0. The van der Waals surface area contributed by atoms with Crippen LogP contribution >= 0.6 is 11.8 Å². The van der Waals surface area contributed by atoms with Gasteiger partial charge in [0.15, 0.2) is 0 Å². The number of hydrogen-bond acceptors (Lipinski definition) is 4. The van der Waals surface area contributed by atoms with E-state index >= 15 is 0 Å². The Morgan fingerprint density at radius 3 is 2.65 bits per heavy atom. The predicted molar refractivity (Wildman–Crippen MR) is 96.5 cm³/mol. The first kappa shape index (κ1) is 19.2. The largest absolute Gasteiger partial charge is 0.481 e. The van der Waals surface area contributed by atoms with E-state index in [2.05, 4.69) is 0 Å². The molecule has 5 nitrogen and oxygen atoms in total. The fourth-order valence-electron chi connectivity index (χ4n) is 3.79. The zero-order valence-corrected chi connectivity index (χ0v) is 15.4. The highest BCUT2D eigenvalue weighted by molar-refractivity contribution is 7.99. The number of thioether (sulfide) groups is 1. The van der Waals surface area contributed by atoms with Gasteiger partial charge in [-0.25, -0.2) is 4.39 Å². The summed E-state index contributed by atoms with van der Waals surface area (Å²) in [7, 11) is 0. The van der Waals surface area contributed by atoms with Crippen LogP contribution in [0.2, 0.25) is 0 Å². The van der Waals surface area contributed by atoms with Gasteiger partial charge in [-0.1, -0.05) is 12.1 Å². The van der Waals surface area contributed by atoms with Crippen LogP contribution in [0.15, 0.2) is 29.2 Å². The van der Waals surface area contributed by atoms with Crippen LogP contribution in [0.5, 0.6) is 0 Å². The number of benzene rings is 1. The van der Waals surface area contributed by atoms with E-state index < -0.39 is 11.9 Å². The van der Waals surface area contributed by atoms with Gasteiger partial charge in [0, 0.05) is 36.8 Å².